The van der Waals surface area contributed by atoms with E-state index in [0.717, 1.165) is 33.4 Å². The Morgan fingerprint density at radius 3 is 1.93 bits per heavy atom. The number of hydrogen-bond acceptors (Lipinski definition) is 5. The highest BCUT2D eigenvalue weighted by Gasteiger charge is 2.56. The summed E-state index contributed by atoms with van der Waals surface area (Å²) in [6, 6.07) is 26.6. The number of anilines is 2. The molecule has 0 aromatic heterocycles. The Labute approximate surface area is 271 Å². The maximum absolute atomic E-state index is 14.2. The van der Waals surface area contributed by atoms with Crippen LogP contribution in [-0.2, 0) is 21.0 Å². The van der Waals surface area contributed by atoms with Gasteiger partial charge in [0, 0.05) is 23.7 Å². The monoisotopic (exact) mass is 618 g/mol. The van der Waals surface area contributed by atoms with Crippen molar-refractivity contribution in [1.82, 2.24) is 0 Å². The van der Waals surface area contributed by atoms with Crippen molar-refractivity contribution in [1.29, 1.82) is 0 Å². The van der Waals surface area contributed by atoms with Gasteiger partial charge in [0.2, 0.25) is 11.8 Å². The zero-order valence-corrected chi connectivity index (χ0v) is 27.3. The Morgan fingerprint density at radius 1 is 0.783 bits per heavy atom. The van der Waals surface area contributed by atoms with E-state index in [0.29, 0.717) is 29.3 Å². The molecule has 7 nitrogen and oxygen atoms in total. The number of aliphatic hydroxyl groups is 1. The number of carbonyl (C=O) groups is 3. The SMILES string of the molecule is Cc1ccc(C)c(NC(=O)C2C(=O)CC(C)(O)C(C(=O)Nc3cc(C)ccc3C)C2c2ccc(OCc3ccccc3C)cc2)c1. The lowest BCUT2D eigenvalue weighted by molar-refractivity contribution is -0.150. The molecular formula is C39H42N2O5. The average molecular weight is 619 g/mol. The summed E-state index contributed by atoms with van der Waals surface area (Å²) in [5.74, 6) is -4.06. The van der Waals surface area contributed by atoms with Gasteiger partial charge < -0.3 is 20.5 Å². The Balaban J connectivity index is 1.53. The van der Waals surface area contributed by atoms with Crippen LogP contribution in [0.4, 0.5) is 11.4 Å². The molecule has 0 spiro atoms. The maximum Gasteiger partial charge on any atom is 0.235 e. The van der Waals surface area contributed by atoms with Gasteiger partial charge in [0.1, 0.15) is 24.1 Å². The van der Waals surface area contributed by atoms with E-state index in [2.05, 4.69) is 10.6 Å². The molecule has 5 rings (SSSR count). The van der Waals surface area contributed by atoms with E-state index in [-0.39, 0.29) is 6.42 Å². The summed E-state index contributed by atoms with van der Waals surface area (Å²) in [5, 5.41) is 17.7. The van der Waals surface area contributed by atoms with Gasteiger partial charge in [-0.15, -0.1) is 0 Å². The van der Waals surface area contributed by atoms with Gasteiger partial charge in [-0.05, 0) is 105 Å². The van der Waals surface area contributed by atoms with Crippen molar-refractivity contribution < 1.29 is 24.2 Å². The van der Waals surface area contributed by atoms with Crippen molar-refractivity contribution in [3.63, 3.8) is 0 Å². The first kappa shape index (κ1) is 32.6. The zero-order chi connectivity index (χ0) is 33.2. The van der Waals surface area contributed by atoms with Gasteiger partial charge in [-0.1, -0.05) is 60.7 Å². The minimum absolute atomic E-state index is 0.336. The van der Waals surface area contributed by atoms with Crippen LogP contribution in [0.5, 0.6) is 5.75 Å². The smallest absolute Gasteiger partial charge is 0.235 e. The molecule has 0 saturated heterocycles. The van der Waals surface area contributed by atoms with Gasteiger partial charge in [0.05, 0.1) is 11.5 Å². The van der Waals surface area contributed by atoms with Crippen LogP contribution in [0.3, 0.4) is 0 Å². The van der Waals surface area contributed by atoms with Crippen LogP contribution < -0.4 is 15.4 Å². The maximum atomic E-state index is 14.2. The second-order valence-corrected chi connectivity index (χ2v) is 12.9. The number of Topliss-reactive ketones (excluding diaryl/α,β-unsaturated/α-hetero) is 1. The first-order chi connectivity index (χ1) is 21.8. The number of ether oxygens (including phenoxy) is 1. The number of hydrogen-bond donors (Lipinski definition) is 3. The summed E-state index contributed by atoms with van der Waals surface area (Å²) < 4.78 is 6.06. The molecule has 0 heterocycles. The third kappa shape index (κ3) is 7.05. The fourth-order valence-corrected chi connectivity index (χ4v) is 6.37. The quantitative estimate of drug-likeness (QED) is 0.182. The molecule has 1 aliphatic rings. The largest absolute Gasteiger partial charge is 0.489 e. The van der Waals surface area contributed by atoms with Crippen molar-refractivity contribution in [2.24, 2.45) is 11.8 Å². The van der Waals surface area contributed by atoms with E-state index in [1.165, 1.54) is 6.92 Å². The number of carbonyl (C=O) groups excluding carboxylic acids is 3. The molecule has 0 bridgehead atoms. The molecule has 3 N–H and O–H groups in total. The molecule has 4 unspecified atom stereocenters. The van der Waals surface area contributed by atoms with E-state index in [4.69, 9.17) is 4.74 Å². The molecule has 46 heavy (non-hydrogen) atoms. The topological polar surface area (TPSA) is 105 Å². The average Bonchev–Trinajstić information content (AvgIpc) is 2.99. The Morgan fingerprint density at radius 2 is 1.35 bits per heavy atom. The molecule has 2 amide bonds. The molecule has 4 atom stereocenters. The third-order valence-corrected chi connectivity index (χ3v) is 9.05. The van der Waals surface area contributed by atoms with Crippen LogP contribution in [0.15, 0.2) is 84.9 Å². The van der Waals surface area contributed by atoms with Crippen LogP contribution in [0.1, 0.15) is 58.2 Å². The molecule has 4 aromatic carbocycles. The van der Waals surface area contributed by atoms with Crippen molar-refractivity contribution in [3.05, 3.63) is 124 Å². The number of aryl methyl sites for hydroxylation is 5. The second kappa shape index (κ2) is 13.3. The number of ketones is 1. The van der Waals surface area contributed by atoms with Gasteiger partial charge in [-0.3, -0.25) is 14.4 Å². The van der Waals surface area contributed by atoms with E-state index < -0.39 is 41.0 Å². The number of nitrogens with one attached hydrogen (secondary N) is 2. The molecule has 238 valence electrons. The molecule has 7 heteroatoms. The minimum Gasteiger partial charge on any atom is -0.489 e. The van der Waals surface area contributed by atoms with E-state index in [1.54, 1.807) is 24.3 Å². The van der Waals surface area contributed by atoms with E-state index in [1.807, 2.05) is 95.3 Å². The lowest BCUT2D eigenvalue weighted by Crippen LogP contribution is -2.56. The van der Waals surface area contributed by atoms with Crippen LogP contribution in [-0.4, -0.2) is 28.3 Å². The van der Waals surface area contributed by atoms with Gasteiger partial charge in [0.25, 0.3) is 0 Å². The summed E-state index contributed by atoms with van der Waals surface area (Å²) in [5.41, 5.74) is 5.92. The van der Waals surface area contributed by atoms with Crippen molar-refractivity contribution in [2.45, 2.75) is 66.1 Å². The minimum atomic E-state index is -1.71. The first-order valence-electron chi connectivity index (χ1n) is 15.6. The standard InChI is InChI=1S/C39H42N2O5/c1-23-11-13-26(4)31(19-23)40-37(43)35-33(42)21-39(6,45)36(38(44)41-32-20-24(2)12-14-27(32)5)34(35)28-15-17-30(18-16-28)46-22-29-10-8-7-9-25(29)3/h7-20,34-36,45H,21-22H2,1-6H3,(H,40,43)(H,41,44). The molecule has 1 aliphatic carbocycles. The number of rotatable bonds is 8. The summed E-state index contributed by atoms with van der Waals surface area (Å²) in [7, 11) is 0. The van der Waals surface area contributed by atoms with Crippen molar-refractivity contribution in [2.75, 3.05) is 10.6 Å². The Bertz CT molecular complexity index is 1780. The van der Waals surface area contributed by atoms with Crippen molar-refractivity contribution >= 4 is 29.0 Å². The summed E-state index contributed by atoms with van der Waals surface area (Å²) in [6.07, 6.45) is -0.336. The fraction of sp³-hybridized carbons (Fsp3) is 0.308. The summed E-state index contributed by atoms with van der Waals surface area (Å²) >= 11 is 0. The molecular weight excluding hydrogens is 576 g/mol. The van der Waals surface area contributed by atoms with Crippen LogP contribution in [0.2, 0.25) is 0 Å². The summed E-state index contributed by atoms with van der Waals surface area (Å²) in [4.78, 5) is 42.0. The highest BCUT2D eigenvalue weighted by atomic mass is 16.5. The van der Waals surface area contributed by atoms with Crippen LogP contribution in [0.25, 0.3) is 0 Å². The van der Waals surface area contributed by atoms with Gasteiger partial charge >= 0.3 is 0 Å². The lowest BCUT2D eigenvalue weighted by atomic mass is 9.61. The van der Waals surface area contributed by atoms with Gasteiger partial charge in [-0.25, -0.2) is 0 Å². The normalized spacial score (nSPS) is 21.0. The van der Waals surface area contributed by atoms with E-state index >= 15 is 0 Å². The zero-order valence-electron chi connectivity index (χ0n) is 27.3. The predicted molar refractivity (Wildman–Crippen MR) is 181 cm³/mol. The van der Waals surface area contributed by atoms with E-state index in [9.17, 15) is 19.5 Å². The van der Waals surface area contributed by atoms with Gasteiger partial charge in [-0.2, -0.15) is 0 Å². The molecule has 1 saturated carbocycles. The fourth-order valence-electron chi connectivity index (χ4n) is 6.37. The lowest BCUT2D eigenvalue weighted by Gasteiger charge is -2.44. The molecule has 0 radical (unpaired) electrons. The molecule has 4 aromatic rings. The second-order valence-electron chi connectivity index (χ2n) is 12.9. The number of benzene rings is 4. The van der Waals surface area contributed by atoms with Gasteiger partial charge in [0.15, 0.2) is 0 Å². The van der Waals surface area contributed by atoms with Crippen LogP contribution in [0, 0.1) is 46.5 Å². The summed E-state index contributed by atoms with van der Waals surface area (Å²) in [6.45, 7) is 11.6. The Hall–Kier alpha value is -4.75. The predicted octanol–water partition coefficient (Wildman–Crippen LogP) is 7.12. The highest BCUT2D eigenvalue weighted by Crippen LogP contribution is 2.47. The molecule has 0 aliphatic heterocycles. The number of amides is 2. The van der Waals surface area contributed by atoms with Crippen molar-refractivity contribution in [3.8, 4) is 5.75 Å². The highest BCUT2D eigenvalue weighted by molar-refractivity contribution is 6.10. The Kier molecular flexibility index (Phi) is 9.44. The third-order valence-electron chi connectivity index (χ3n) is 9.05. The molecule has 1 fully saturated rings. The first-order valence-corrected chi connectivity index (χ1v) is 15.6. The van der Waals surface area contributed by atoms with Crippen LogP contribution >= 0.6 is 0 Å².